The Morgan fingerprint density at radius 2 is 1.77 bits per heavy atom. The van der Waals surface area contributed by atoms with E-state index in [-0.39, 0.29) is 5.56 Å². The van der Waals surface area contributed by atoms with Crippen LogP contribution in [0.2, 0.25) is 0 Å². The molecule has 0 heterocycles. The van der Waals surface area contributed by atoms with Crippen LogP contribution in [0.4, 0.5) is 13.2 Å². The number of rotatable bonds is 6. The molecule has 136 valence electrons. The van der Waals surface area contributed by atoms with Crippen molar-refractivity contribution in [1.82, 2.24) is 5.32 Å². The summed E-state index contributed by atoms with van der Waals surface area (Å²) < 4.78 is 80.7. The van der Waals surface area contributed by atoms with Gasteiger partial charge in [0, 0.05) is 11.5 Å². The van der Waals surface area contributed by atoms with E-state index >= 15 is 0 Å². The van der Waals surface area contributed by atoms with Crippen LogP contribution in [0.25, 0.3) is 10.8 Å². The molecule has 3 aromatic rings. The van der Waals surface area contributed by atoms with E-state index in [0.717, 1.165) is 22.9 Å². The molecule has 0 aliphatic heterocycles. The van der Waals surface area contributed by atoms with Crippen molar-refractivity contribution in [3.63, 3.8) is 0 Å². The van der Waals surface area contributed by atoms with Crippen LogP contribution in [0.5, 0.6) is 0 Å². The van der Waals surface area contributed by atoms with Gasteiger partial charge >= 0.3 is 6.18 Å². The summed E-state index contributed by atoms with van der Waals surface area (Å²) in [7, 11) is 0. The van der Waals surface area contributed by atoms with Gasteiger partial charge in [0.05, 0.1) is 6.93 Å². The van der Waals surface area contributed by atoms with Gasteiger partial charge in [0.25, 0.3) is 0 Å². The number of aryl methyl sites for hydroxylation is 1. The largest absolute Gasteiger partial charge is 0.416 e. The van der Waals surface area contributed by atoms with Gasteiger partial charge in [0.15, 0.2) is 0 Å². The third-order valence-electron chi connectivity index (χ3n) is 4.04. The molecular weight excluding hydrogens is 335 g/mol. The molecule has 0 saturated heterocycles. The molecule has 0 radical (unpaired) electrons. The standard InChI is InChI=1S/C22H22F3N/c1-16(20-13-5-10-18-9-2-3-12-21(18)20)26-14-6-8-17-7-4-11-19(15-17)22(23,24)25/h2-5,7,9-13,15-16,26H,6,8,14H2,1H3/i8D2,14D2,16D. The normalized spacial score (nSPS) is 18.2. The highest BCUT2D eigenvalue weighted by Gasteiger charge is 2.30. The van der Waals surface area contributed by atoms with Crippen molar-refractivity contribution in [3.8, 4) is 0 Å². The second-order valence-electron chi connectivity index (χ2n) is 5.89. The molecule has 1 unspecified atom stereocenters. The lowest BCUT2D eigenvalue weighted by molar-refractivity contribution is -0.137. The molecule has 0 saturated carbocycles. The van der Waals surface area contributed by atoms with Gasteiger partial charge in [-0.3, -0.25) is 0 Å². The summed E-state index contributed by atoms with van der Waals surface area (Å²) in [4.78, 5) is 0. The van der Waals surface area contributed by atoms with E-state index in [0.29, 0.717) is 11.6 Å². The van der Waals surface area contributed by atoms with Crippen LogP contribution in [0.1, 0.15) is 42.9 Å². The Balaban J connectivity index is 1.87. The first-order chi connectivity index (χ1) is 14.2. The summed E-state index contributed by atoms with van der Waals surface area (Å²) in [6, 6.07) is 14.9. The zero-order chi connectivity index (χ0) is 23.1. The zero-order valence-electron chi connectivity index (χ0n) is 19.2. The van der Waals surface area contributed by atoms with E-state index in [4.69, 9.17) is 6.85 Å². The van der Waals surface area contributed by atoms with Gasteiger partial charge in [0.2, 0.25) is 0 Å². The molecular formula is C22H22F3N. The topological polar surface area (TPSA) is 12.0 Å². The number of hydrogen-bond donors (Lipinski definition) is 1. The Morgan fingerprint density at radius 3 is 2.58 bits per heavy atom. The highest BCUT2D eigenvalue weighted by Crippen LogP contribution is 2.29. The predicted octanol–water partition coefficient (Wildman–Crippen LogP) is 6.14. The Labute approximate surface area is 158 Å². The number of hydrogen-bond acceptors (Lipinski definition) is 1. The minimum atomic E-state index is -4.63. The van der Waals surface area contributed by atoms with Gasteiger partial charge in [0.1, 0.15) is 0 Å². The summed E-state index contributed by atoms with van der Waals surface area (Å²) in [6.45, 7) is -0.919. The number of nitrogens with one attached hydrogen (secondary N) is 1. The van der Waals surface area contributed by atoms with Crippen molar-refractivity contribution < 1.29 is 20.0 Å². The highest BCUT2D eigenvalue weighted by atomic mass is 19.4. The Hall–Kier alpha value is -2.33. The fourth-order valence-electron chi connectivity index (χ4n) is 2.75. The number of benzene rings is 3. The molecule has 1 nitrogen and oxygen atoms in total. The Morgan fingerprint density at radius 1 is 1.04 bits per heavy atom. The molecule has 0 fully saturated rings. The lowest BCUT2D eigenvalue weighted by Crippen LogP contribution is -2.20. The molecule has 0 aliphatic rings. The second-order valence-corrected chi connectivity index (χ2v) is 5.89. The molecule has 26 heavy (non-hydrogen) atoms. The Kier molecular flexibility index (Phi) is 3.94. The summed E-state index contributed by atoms with van der Waals surface area (Å²) >= 11 is 0. The summed E-state index contributed by atoms with van der Waals surface area (Å²) in [5, 5.41) is 4.18. The second kappa shape index (κ2) is 7.92. The van der Waals surface area contributed by atoms with E-state index in [1.54, 1.807) is 12.1 Å². The average molecular weight is 362 g/mol. The van der Waals surface area contributed by atoms with Crippen LogP contribution in [0, 0.1) is 0 Å². The van der Waals surface area contributed by atoms with Gasteiger partial charge in [-0.05, 0) is 54.2 Å². The molecule has 4 heteroatoms. The minimum Gasteiger partial charge on any atom is -0.310 e. The monoisotopic (exact) mass is 362 g/mol. The maximum absolute atomic E-state index is 13.0. The molecule has 0 aliphatic carbocycles. The quantitative estimate of drug-likeness (QED) is 0.555. The summed E-state index contributed by atoms with van der Waals surface area (Å²) in [6.07, 6.45) is -7.80. The van der Waals surface area contributed by atoms with Crippen LogP contribution < -0.4 is 5.32 Å². The van der Waals surface area contributed by atoms with E-state index in [9.17, 15) is 13.2 Å². The number of alkyl halides is 3. The fourth-order valence-corrected chi connectivity index (χ4v) is 2.75. The van der Waals surface area contributed by atoms with Crippen molar-refractivity contribution in [3.05, 3.63) is 83.4 Å². The first kappa shape index (κ1) is 12.9. The lowest BCUT2D eigenvalue weighted by atomic mass is 9.99. The fraction of sp³-hybridized carbons (Fsp3) is 0.273. The van der Waals surface area contributed by atoms with Crippen molar-refractivity contribution in [2.24, 2.45) is 0 Å². The maximum Gasteiger partial charge on any atom is 0.416 e. The van der Waals surface area contributed by atoms with Gasteiger partial charge in [-0.1, -0.05) is 60.7 Å². The first-order valence-corrected chi connectivity index (χ1v) is 8.17. The molecule has 0 amide bonds. The maximum atomic E-state index is 13.0. The van der Waals surface area contributed by atoms with E-state index in [2.05, 4.69) is 5.32 Å². The van der Waals surface area contributed by atoms with Crippen LogP contribution >= 0.6 is 0 Å². The third kappa shape index (κ3) is 4.44. The van der Waals surface area contributed by atoms with Crippen LogP contribution in [0.3, 0.4) is 0 Å². The summed E-state index contributed by atoms with van der Waals surface area (Å²) in [5.74, 6) is 0. The molecule has 3 aromatic carbocycles. The average Bonchev–Trinajstić information content (AvgIpc) is 2.65. The van der Waals surface area contributed by atoms with Crippen molar-refractivity contribution >= 4 is 10.8 Å². The third-order valence-corrected chi connectivity index (χ3v) is 4.04. The number of fused-ring (bicyclic) bond motifs is 1. The zero-order valence-corrected chi connectivity index (χ0v) is 14.2. The molecule has 0 aromatic heterocycles. The van der Waals surface area contributed by atoms with Crippen molar-refractivity contribution in [2.75, 3.05) is 6.50 Å². The SMILES string of the molecule is [2H]C([2H])(CC([2H])([2H])c1cccc(C(F)(F)F)c1)NC([2H])(C)c1cccc2ccccc12. The highest BCUT2D eigenvalue weighted by molar-refractivity contribution is 5.86. The van der Waals surface area contributed by atoms with Crippen molar-refractivity contribution in [1.29, 1.82) is 0 Å². The predicted molar refractivity (Wildman–Crippen MR) is 100 cm³/mol. The van der Waals surface area contributed by atoms with Gasteiger partial charge in [-0.25, -0.2) is 0 Å². The number of halogens is 3. The molecule has 1 atom stereocenters. The Bertz CT molecular complexity index is 1070. The van der Waals surface area contributed by atoms with E-state index in [1.807, 2.05) is 30.3 Å². The van der Waals surface area contributed by atoms with E-state index < -0.39 is 37.0 Å². The molecule has 0 bridgehead atoms. The van der Waals surface area contributed by atoms with Gasteiger partial charge in [-0.15, -0.1) is 0 Å². The molecule has 0 spiro atoms. The van der Waals surface area contributed by atoms with Gasteiger partial charge in [-0.2, -0.15) is 13.2 Å². The first-order valence-electron chi connectivity index (χ1n) is 10.7. The molecule has 3 rings (SSSR count). The van der Waals surface area contributed by atoms with Crippen molar-refractivity contribution in [2.45, 2.75) is 31.9 Å². The lowest BCUT2D eigenvalue weighted by Gasteiger charge is -2.17. The van der Waals surface area contributed by atoms with E-state index in [1.165, 1.54) is 13.0 Å². The smallest absolute Gasteiger partial charge is 0.310 e. The molecule has 1 N–H and O–H groups in total. The van der Waals surface area contributed by atoms with Crippen LogP contribution in [-0.4, -0.2) is 6.50 Å². The van der Waals surface area contributed by atoms with Crippen LogP contribution in [-0.2, 0) is 12.5 Å². The summed E-state index contributed by atoms with van der Waals surface area (Å²) in [5.41, 5.74) is -0.762. The minimum absolute atomic E-state index is 0.273. The van der Waals surface area contributed by atoms with Gasteiger partial charge < -0.3 is 5.32 Å². The van der Waals surface area contributed by atoms with Crippen LogP contribution in [0.15, 0.2) is 66.7 Å².